The van der Waals surface area contributed by atoms with Crippen LogP contribution in [0.5, 0.6) is 0 Å². The van der Waals surface area contributed by atoms with E-state index >= 15 is 0 Å². The summed E-state index contributed by atoms with van der Waals surface area (Å²) in [5.74, 6) is 1.26. The van der Waals surface area contributed by atoms with E-state index in [0.717, 1.165) is 19.0 Å². The van der Waals surface area contributed by atoms with Gasteiger partial charge >= 0.3 is 0 Å². The Hall–Kier alpha value is -0.530. The molecule has 84 valence electrons. The van der Waals surface area contributed by atoms with Crippen LogP contribution in [0, 0.1) is 19.8 Å². The van der Waals surface area contributed by atoms with E-state index in [1.54, 1.807) is 0 Å². The summed E-state index contributed by atoms with van der Waals surface area (Å²) >= 11 is 5.75. The van der Waals surface area contributed by atoms with Crippen LogP contribution < -0.4 is 5.32 Å². The largest absolute Gasteiger partial charge is 0.312 e. The molecule has 0 bridgehead atoms. The fourth-order valence-corrected chi connectivity index (χ4v) is 1.61. The third-order valence-electron chi connectivity index (χ3n) is 2.58. The number of aryl methyl sites for hydroxylation is 2. The zero-order chi connectivity index (χ0) is 11.3. The van der Waals surface area contributed by atoms with E-state index in [9.17, 15) is 0 Å². The van der Waals surface area contributed by atoms with E-state index < -0.39 is 0 Å². The molecule has 0 fully saturated rings. The molecule has 0 spiro atoms. The van der Waals surface area contributed by atoms with Crippen molar-refractivity contribution in [1.29, 1.82) is 0 Å². The predicted octanol–water partition coefficient (Wildman–Crippen LogP) is 3.27. The summed E-state index contributed by atoms with van der Waals surface area (Å²) in [6.07, 6.45) is 0. The Morgan fingerprint density at radius 1 is 1.33 bits per heavy atom. The number of benzene rings is 1. The van der Waals surface area contributed by atoms with Gasteiger partial charge in [0.25, 0.3) is 0 Å². The van der Waals surface area contributed by atoms with E-state index in [2.05, 4.69) is 44.3 Å². The minimum absolute atomic E-state index is 0.539. The van der Waals surface area contributed by atoms with Crippen LogP contribution in [0.15, 0.2) is 18.2 Å². The Bertz CT molecular complexity index is 309. The molecule has 1 aromatic carbocycles. The Morgan fingerprint density at radius 2 is 2.07 bits per heavy atom. The lowest BCUT2D eigenvalue weighted by molar-refractivity contribution is 0.556. The second-order valence-electron chi connectivity index (χ2n) is 4.32. The molecule has 0 aromatic heterocycles. The van der Waals surface area contributed by atoms with E-state index in [1.807, 2.05) is 0 Å². The summed E-state index contributed by atoms with van der Waals surface area (Å²) < 4.78 is 0. The van der Waals surface area contributed by atoms with Gasteiger partial charge in [0.1, 0.15) is 0 Å². The standard InChI is InChI=1S/C13H20ClN/c1-10-4-5-12(3)13(6-10)9-15-8-11(2)7-14/h4-6,11,15H,7-9H2,1-3H3. The van der Waals surface area contributed by atoms with Crippen LogP contribution in [-0.4, -0.2) is 12.4 Å². The highest BCUT2D eigenvalue weighted by Crippen LogP contribution is 2.10. The maximum Gasteiger partial charge on any atom is 0.0261 e. The monoisotopic (exact) mass is 225 g/mol. The van der Waals surface area contributed by atoms with Crippen LogP contribution in [-0.2, 0) is 6.54 Å². The normalized spacial score (nSPS) is 12.8. The molecule has 1 N–H and O–H groups in total. The van der Waals surface area contributed by atoms with Crippen molar-refractivity contribution in [2.24, 2.45) is 5.92 Å². The summed E-state index contributed by atoms with van der Waals surface area (Å²) in [4.78, 5) is 0. The fraction of sp³-hybridized carbons (Fsp3) is 0.538. The van der Waals surface area contributed by atoms with E-state index in [-0.39, 0.29) is 0 Å². The molecule has 1 nitrogen and oxygen atoms in total. The Labute approximate surface area is 97.8 Å². The number of alkyl halides is 1. The van der Waals surface area contributed by atoms with Crippen molar-refractivity contribution in [2.45, 2.75) is 27.3 Å². The molecule has 0 heterocycles. The van der Waals surface area contributed by atoms with Crippen molar-refractivity contribution in [3.63, 3.8) is 0 Å². The van der Waals surface area contributed by atoms with Crippen LogP contribution in [0.1, 0.15) is 23.6 Å². The summed E-state index contributed by atoms with van der Waals surface area (Å²) in [7, 11) is 0. The van der Waals surface area contributed by atoms with Crippen LogP contribution in [0.25, 0.3) is 0 Å². The predicted molar refractivity (Wildman–Crippen MR) is 67.5 cm³/mol. The Balaban J connectivity index is 2.46. The molecule has 2 heteroatoms. The molecular weight excluding hydrogens is 206 g/mol. The first-order valence-electron chi connectivity index (χ1n) is 5.46. The zero-order valence-corrected chi connectivity index (χ0v) is 10.6. The summed E-state index contributed by atoms with van der Waals surface area (Å²) in [6, 6.07) is 6.57. The Morgan fingerprint density at radius 3 is 2.73 bits per heavy atom. The molecule has 15 heavy (non-hydrogen) atoms. The molecule has 1 unspecified atom stereocenters. The summed E-state index contributed by atoms with van der Waals surface area (Å²) in [5.41, 5.74) is 4.06. The minimum Gasteiger partial charge on any atom is -0.312 e. The molecule has 0 saturated carbocycles. The Kier molecular flexibility index (Phi) is 5.13. The average Bonchev–Trinajstić information content (AvgIpc) is 2.23. The smallest absolute Gasteiger partial charge is 0.0261 e. The van der Waals surface area contributed by atoms with Gasteiger partial charge in [0.05, 0.1) is 0 Å². The SMILES string of the molecule is Cc1ccc(C)c(CNCC(C)CCl)c1. The van der Waals surface area contributed by atoms with Gasteiger partial charge in [-0.05, 0) is 37.4 Å². The number of rotatable bonds is 5. The van der Waals surface area contributed by atoms with Crippen molar-refractivity contribution < 1.29 is 0 Å². The lowest BCUT2D eigenvalue weighted by Crippen LogP contribution is -2.22. The number of hydrogen-bond donors (Lipinski definition) is 1. The summed E-state index contributed by atoms with van der Waals surface area (Å²) in [5, 5.41) is 3.44. The molecule has 1 aromatic rings. The zero-order valence-electron chi connectivity index (χ0n) is 9.81. The average molecular weight is 226 g/mol. The quantitative estimate of drug-likeness (QED) is 0.759. The van der Waals surface area contributed by atoms with E-state index in [1.165, 1.54) is 16.7 Å². The second kappa shape index (κ2) is 6.14. The molecule has 0 aliphatic carbocycles. The van der Waals surface area contributed by atoms with Gasteiger partial charge in [0.2, 0.25) is 0 Å². The van der Waals surface area contributed by atoms with Gasteiger partial charge in [-0.25, -0.2) is 0 Å². The first kappa shape index (κ1) is 12.5. The second-order valence-corrected chi connectivity index (χ2v) is 4.63. The van der Waals surface area contributed by atoms with Crippen molar-refractivity contribution in [2.75, 3.05) is 12.4 Å². The van der Waals surface area contributed by atoms with Crippen LogP contribution >= 0.6 is 11.6 Å². The first-order valence-corrected chi connectivity index (χ1v) is 5.99. The van der Waals surface area contributed by atoms with Crippen molar-refractivity contribution >= 4 is 11.6 Å². The first-order chi connectivity index (χ1) is 7.13. The van der Waals surface area contributed by atoms with Gasteiger partial charge in [-0.1, -0.05) is 30.7 Å². The molecule has 0 aliphatic rings. The van der Waals surface area contributed by atoms with Crippen molar-refractivity contribution in [3.8, 4) is 0 Å². The molecule has 1 atom stereocenters. The molecular formula is C13H20ClN. The van der Waals surface area contributed by atoms with E-state index in [4.69, 9.17) is 11.6 Å². The maximum absolute atomic E-state index is 5.75. The molecule has 0 saturated heterocycles. The highest BCUT2D eigenvalue weighted by Gasteiger charge is 2.01. The number of nitrogens with one attached hydrogen (secondary N) is 1. The van der Waals surface area contributed by atoms with Crippen LogP contribution in [0.2, 0.25) is 0 Å². The lowest BCUT2D eigenvalue weighted by atomic mass is 10.1. The number of halogens is 1. The lowest BCUT2D eigenvalue weighted by Gasteiger charge is -2.11. The number of hydrogen-bond acceptors (Lipinski definition) is 1. The topological polar surface area (TPSA) is 12.0 Å². The van der Waals surface area contributed by atoms with Gasteiger partial charge in [0, 0.05) is 12.4 Å². The van der Waals surface area contributed by atoms with Crippen molar-refractivity contribution in [1.82, 2.24) is 5.32 Å². The van der Waals surface area contributed by atoms with Gasteiger partial charge in [0.15, 0.2) is 0 Å². The highest BCUT2D eigenvalue weighted by atomic mass is 35.5. The third kappa shape index (κ3) is 4.23. The van der Waals surface area contributed by atoms with Gasteiger partial charge in [-0.2, -0.15) is 0 Å². The van der Waals surface area contributed by atoms with Crippen LogP contribution in [0.3, 0.4) is 0 Å². The third-order valence-corrected chi connectivity index (χ3v) is 3.10. The fourth-order valence-electron chi connectivity index (χ4n) is 1.50. The summed E-state index contributed by atoms with van der Waals surface area (Å²) in [6.45, 7) is 8.36. The van der Waals surface area contributed by atoms with Gasteiger partial charge < -0.3 is 5.32 Å². The van der Waals surface area contributed by atoms with Crippen LogP contribution in [0.4, 0.5) is 0 Å². The molecule has 0 amide bonds. The van der Waals surface area contributed by atoms with Gasteiger partial charge in [-0.3, -0.25) is 0 Å². The minimum atomic E-state index is 0.539. The molecule has 0 radical (unpaired) electrons. The van der Waals surface area contributed by atoms with Crippen molar-refractivity contribution in [3.05, 3.63) is 34.9 Å². The van der Waals surface area contributed by atoms with Gasteiger partial charge in [-0.15, -0.1) is 11.6 Å². The highest BCUT2D eigenvalue weighted by molar-refractivity contribution is 6.18. The molecule has 0 aliphatic heterocycles. The molecule has 1 rings (SSSR count). The maximum atomic E-state index is 5.75. The van der Waals surface area contributed by atoms with E-state index in [0.29, 0.717) is 5.92 Å².